The monoisotopic (exact) mass is 427 g/mol. The molecule has 2 aromatic carbocycles. The van der Waals surface area contributed by atoms with Crippen LogP contribution >= 0.6 is 0 Å². The summed E-state index contributed by atoms with van der Waals surface area (Å²) in [6, 6.07) is 16.5. The maximum atomic E-state index is 13.0. The molecule has 9 nitrogen and oxygen atoms in total. The Balaban J connectivity index is 1.54. The number of nitrogens with zero attached hydrogens (tertiary/aromatic N) is 5. The highest BCUT2D eigenvalue weighted by molar-refractivity contribution is 5.95. The van der Waals surface area contributed by atoms with Crippen LogP contribution in [0.3, 0.4) is 0 Å². The van der Waals surface area contributed by atoms with Gasteiger partial charge in [-0.15, -0.1) is 5.11 Å². The molecule has 1 amide bonds. The summed E-state index contributed by atoms with van der Waals surface area (Å²) in [6.07, 6.45) is 2.91. The second kappa shape index (κ2) is 9.17. The molecule has 0 atom stereocenters. The van der Waals surface area contributed by atoms with Gasteiger partial charge in [-0.05, 0) is 36.2 Å². The molecule has 0 unspecified atom stereocenters. The van der Waals surface area contributed by atoms with Gasteiger partial charge in [-0.2, -0.15) is 0 Å². The van der Waals surface area contributed by atoms with Crippen molar-refractivity contribution < 1.29 is 4.79 Å². The molecule has 0 fully saturated rings. The van der Waals surface area contributed by atoms with Crippen LogP contribution in [0.4, 0.5) is 5.69 Å². The SMILES string of the molecule is Cc1ccc(CNC(=O)c2cc3c(=O)n(Cc4ccc(N=NN)cc4)cnc3cn2)cc1. The standard InChI is InChI=1S/C23H21N7O2/c1-15-2-4-16(5-3-15)11-26-22(31)20-10-19-21(12-25-20)27-14-30(23(19)32)13-17-6-8-18(9-7-17)28-29-24/h2-10,12,14H,11,13H2,1H3,(H2,24,28)(H,26,31). The van der Waals surface area contributed by atoms with Crippen molar-refractivity contribution in [2.75, 3.05) is 0 Å². The van der Waals surface area contributed by atoms with Gasteiger partial charge in [0.15, 0.2) is 0 Å². The van der Waals surface area contributed by atoms with Gasteiger partial charge in [0, 0.05) is 6.54 Å². The molecule has 4 aromatic rings. The van der Waals surface area contributed by atoms with Crippen molar-refractivity contribution in [2.45, 2.75) is 20.0 Å². The molecular weight excluding hydrogens is 406 g/mol. The Kier molecular flexibility index (Phi) is 5.98. The van der Waals surface area contributed by atoms with Gasteiger partial charge in [-0.25, -0.2) is 9.97 Å². The third-order valence-electron chi connectivity index (χ3n) is 4.98. The summed E-state index contributed by atoms with van der Waals surface area (Å²) in [7, 11) is 0. The number of fused-ring (bicyclic) bond motifs is 1. The van der Waals surface area contributed by atoms with E-state index in [2.05, 4.69) is 25.6 Å². The zero-order valence-corrected chi connectivity index (χ0v) is 17.4. The fraction of sp³-hybridized carbons (Fsp3) is 0.130. The lowest BCUT2D eigenvalue weighted by Gasteiger charge is -2.08. The maximum absolute atomic E-state index is 13.0. The van der Waals surface area contributed by atoms with E-state index in [1.807, 2.05) is 43.3 Å². The van der Waals surface area contributed by atoms with Crippen LogP contribution in [-0.2, 0) is 13.1 Å². The normalized spacial score (nSPS) is 11.2. The predicted molar refractivity (Wildman–Crippen MR) is 120 cm³/mol. The Bertz CT molecular complexity index is 1340. The van der Waals surface area contributed by atoms with Gasteiger partial charge in [0.25, 0.3) is 11.5 Å². The van der Waals surface area contributed by atoms with Crippen LogP contribution in [-0.4, -0.2) is 20.4 Å². The largest absolute Gasteiger partial charge is 0.347 e. The number of rotatable bonds is 6. The highest BCUT2D eigenvalue weighted by Crippen LogP contribution is 2.14. The van der Waals surface area contributed by atoms with Crippen molar-refractivity contribution in [1.82, 2.24) is 19.9 Å². The number of carbonyl (C=O) groups is 1. The van der Waals surface area contributed by atoms with Crippen molar-refractivity contribution >= 4 is 22.5 Å². The maximum Gasteiger partial charge on any atom is 0.270 e. The Morgan fingerprint density at radius 3 is 2.50 bits per heavy atom. The van der Waals surface area contributed by atoms with E-state index in [1.165, 1.54) is 23.2 Å². The number of carbonyl (C=O) groups excluding carboxylic acids is 1. The highest BCUT2D eigenvalue weighted by Gasteiger charge is 2.12. The fourth-order valence-electron chi connectivity index (χ4n) is 3.21. The molecular formula is C23H21N7O2. The van der Waals surface area contributed by atoms with E-state index in [9.17, 15) is 9.59 Å². The van der Waals surface area contributed by atoms with E-state index < -0.39 is 0 Å². The summed E-state index contributed by atoms with van der Waals surface area (Å²) < 4.78 is 1.48. The summed E-state index contributed by atoms with van der Waals surface area (Å²) in [6.45, 7) is 2.69. The fourth-order valence-corrected chi connectivity index (χ4v) is 3.21. The summed E-state index contributed by atoms with van der Waals surface area (Å²) in [4.78, 5) is 34.0. The average Bonchev–Trinajstić information content (AvgIpc) is 2.81. The van der Waals surface area contributed by atoms with E-state index in [1.54, 1.807) is 12.1 Å². The van der Waals surface area contributed by atoms with Crippen molar-refractivity contribution in [2.24, 2.45) is 16.2 Å². The molecule has 4 rings (SSSR count). The lowest BCUT2D eigenvalue weighted by atomic mass is 10.1. The number of hydrogen-bond donors (Lipinski definition) is 2. The second-order valence-corrected chi connectivity index (χ2v) is 7.31. The molecule has 2 aromatic heterocycles. The topological polar surface area (TPSA) is 128 Å². The second-order valence-electron chi connectivity index (χ2n) is 7.31. The van der Waals surface area contributed by atoms with Gasteiger partial charge in [0.1, 0.15) is 5.69 Å². The molecule has 2 heterocycles. The number of aromatic nitrogens is 3. The first-order valence-electron chi connectivity index (χ1n) is 9.92. The zero-order chi connectivity index (χ0) is 22.5. The van der Waals surface area contributed by atoms with Gasteiger partial charge < -0.3 is 11.2 Å². The van der Waals surface area contributed by atoms with Crippen LogP contribution < -0.4 is 16.7 Å². The number of benzene rings is 2. The number of hydrogen-bond acceptors (Lipinski definition) is 6. The third-order valence-corrected chi connectivity index (χ3v) is 4.98. The number of pyridine rings is 1. The smallest absolute Gasteiger partial charge is 0.270 e. The lowest BCUT2D eigenvalue weighted by molar-refractivity contribution is 0.0946. The van der Waals surface area contributed by atoms with Gasteiger partial charge in [0.05, 0.1) is 35.7 Å². The molecule has 0 spiro atoms. The van der Waals surface area contributed by atoms with Crippen molar-refractivity contribution in [1.29, 1.82) is 0 Å². The molecule has 0 aliphatic heterocycles. The minimum atomic E-state index is -0.355. The van der Waals surface area contributed by atoms with Gasteiger partial charge in [-0.1, -0.05) is 47.2 Å². The molecule has 160 valence electrons. The van der Waals surface area contributed by atoms with E-state index in [4.69, 9.17) is 5.84 Å². The van der Waals surface area contributed by atoms with Crippen LogP contribution in [0.5, 0.6) is 0 Å². The summed E-state index contributed by atoms with van der Waals surface area (Å²) in [5.41, 5.74) is 3.97. The summed E-state index contributed by atoms with van der Waals surface area (Å²) in [5, 5.41) is 10.2. The number of aryl methyl sites for hydroxylation is 1. The lowest BCUT2D eigenvalue weighted by Crippen LogP contribution is -2.25. The van der Waals surface area contributed by atoms with Crippen LogP contribution in [0.25, 0.3) is 10.9 Å². The third kappa shape index (κ3) is 4.67. The quantitative estimate of drug-likeness (QED) is 0.278. The van der Waals surface area contributed by atoms with E-state index in [-0.39, 0.29) is 17.2 Å². The van der Waals surface area contributed by atoms with E-state index in [0.717, 1.165) is 16.7 Å². The Morgan fingerprint density at radius 2 is 1.78 bits per heavy atom. The van der Waals surface area contributed by atoms with Gasteiger partial charge in [-0.3, -0.25) is 14.2 Å². The van der Waals surface area contributed by atoms with E-state index in [0.29, 0.717) is 29.7 Å². The summed E-state index contributed by atoms with van der Waals surface area (Å²) in [5.74, 6) is 4.70. The zero-order valence-electron chi connectivity index (χ0n) is 17.4. The van der Waals surface area contributed by atoms with Crippen LogP contribution in [0, 0.1) is 6.92 Å². The first kappa shape index (κ1) is 20.9. The molecule has 32 heavy (non-hydrogen) atoms. The molecule has 3 N–H and O–H groups in total. The van der Waals surface area contributed by atoms with Crippen LogP contribution in [0.2, 0.25) is 0 Å². The molecule has 0 saturated carbocycles. The number of nitrogens with two attached hydrogens (primary N) is 1. The van der Waals surface area contributed by atoms with Crippen molar-refractivity contribution in [3.63, 3.8) is 0 Å². The Morgan fingerprint density at radius 1 is 1.06 bits per heavy atom. The average molecular weight is 427 g/mol. The van der Waals surface area contributed by atoms with Crippen molar-refractivity contribution in [3.8, 4) is 0 Å². The highest BCUT2D eigenvalue weighted by atomic mass is 16.2. The van der Waals surface area contributed by atoms with Crippen LogP contribution in [0.1, 0.15) is 27.2 Å². The molecule has 0 saturated heterocycles. The molecule has 9 heteroatoms. The Labute approximate surface area is 183 Å². The predicted octanol–water partition coefficient (Wildman–Crippen LogP) is 3.04. The minimum absolute atomic E-state index is 0.165. The molecule has 0 aliphatic carbocycles. The molecule has 0 radical (unpaired) electrons. The summed E-state index contributed by atoms with van der Waals surface area (Å²) >= 11 is 0. The molecule has 0 bridgehead atoms. The minimum Gasteiger partial charge on any atom is -0.347 e. The first-order valence-corrected chi connectivity index (χ1v) is 9.92. The molecule has 0 aliphatic rings. The van der Waals surface area contributed by atoms with E-state index >= 15 is 0 Å². The Hall–Kier alpha value is -4.40. The van der Waals surface area contributed by atoms with Crippen LogP contribution in [0.15, 0.2) is 82.3 Å². The first-order chi connectivity index (χ1) is 15.5. The number of nitrogens with one attached hydrogen (secondary N) is 1. The van der Waals surface area contributed by atoms with Gasteiger partial charge >= 0.3 is 0 Å². The van der Waals surface area contributed by atoms with Gasteiger partial charge in [0.2, 0.25) is 0 Å². The van der Waals surface area contributed by atoms with Crippen molar-refractivity contribution in [3.05, 3.63) is 99.9 Å². The number of amides is 1.